The first-order valence-corrected chi connectivity index (χ1v) is 6.13. The topological polar surface area (TPSA) is 32.3 Å². The van der Waals surface area contributed by atoms with E-state index in [-0.39, 0.29) is 6.10 Å². The summed E-state index contributed by atoms with van der Waals surface area (Å²) in [6.07, 6.45) is 7.14. The highest BCUT2D eigenvalue weighted by Gasteiger charge is 2.18. The summed E-state index contributed by atoms with van der Waals surface area (Å²) in [6.45, 7) is 5.24. The van der Waals surface area contributed by atoms with Crippen molar-refractivity contribution in [2.45, 2.75) is 64.5 Å². The van der Waals surface area contributed by atoms with Gasteiger partial charge in [-0.05, 0) is 38.0 Å². The van der Waals surface area contributed by atoms with Crippen LogP contribution in [-0.2, 0) is 0 Å². The summed E-state index contributed by atoms with van der Waals surface area (Å²) in [5.41, 5.74) is 0. The SMILES string of the molecule is CCCC(O)CNC1CCC(C)CC1. The number of rotatable bonds is 5. The first-order valence-electron chi connectivity index (χ1n) is 6.13. The van der Waals surface area contributed by atoms with Gasteiger partial charge in [0.25, 0.3) is 0 Å². The van der Waals surface area contributed by atoms with Crippen LogP contribution < -0.4 is 5.32 Å². The second kappa shape index (κ2) is 6.41. The Morgan fingerprint density at radius 3 is 2.50 bits per heavy atom. The van der Waals surface area contributed by atoms with Crippen LogP contribution in [0.2, 0.25) is 0 Å². The average Bonchev–Trinajstić information content (AvgIpc) is 2.17. The Hall–Kier alpha value is -0.0800. The van der Waals surface area contributed by atoms with Crippen LogP contribution in [0, 0.1) is 5.92 Å². The molecule has 0 saturated heterocycles. The van der Waals surface area contributed by atoms with Gasteiger partial charge in [0.2, 0.25) is 0 Å². The Morgan fingerprint density at radius 1 is 1.29 bits per heavy atom. The summed E-state index contributed by atoms with van der Waals surface area (Å²) in [7, 11) is 0. The van der Waals surface area contributed by atoms with E-state index in [1.54, 1.807) is 0 Å². The fourth-order valence-corrected chi connectivity index (χ4v) is 2.20. The van der Waals surface area contributed by atoms with Gasteiger partial charge in [-0.2, -0.15) is 0 Å². The average molecular weight is 199 g/mol. The molecule has 1 unspecified atom stereocenters. The van der Waals surface area contributed by atoms with E-state index in [1.807, 2.05) is 0 Å². The van der Waals surface area contributed by atoms with Crippen molar-refractivity contribution in [3.63, 3.8) is 0 Å². The third-order valence-corrected chi connectivity index (χ3v) is 3.28. The number of aliphatic hydroxyl groups excluding tert-OH is 1. The lowest BCUT2D eigenvalue weighted by Gasteiger charge is -2.27. The fourth-order valence-electron chi connectivity index (χ4n) is 2.20. The fraction of sp³-hybridized carbons (Fsp3) is 1.00. The van der Waals surface area contributed by atoms with Gasteiger partial charge in [-0.25, -0.2) is 0 Å². The van der Waals surface area contributed by atoms with E-state index in [9.17, 15) is 5.11 Å². The molecule has 0 aliphatic heterocycles. The van der Waals surface area contributed by atoms with Crippen molar-refractivity contribution in [1.29, 1.82) is 0 Å². The molecular formula is C12H25NO. The number of nitrogens with one attached hydrogen (secondary N) is 1. The third kappa shape index (κ3) is 4.43. The molecule has 2 nitrogen and oxygen atoms in total. The van der Waals surface area contributed by atoms with Gasteiger partial charge in [0.1, 0.15) is 0 Å². The maximum atomic E-state index is 9.57. The normalized spacial score (nSPS) is 30.2. The maximum Gasteiger partial charge on any atom is 0.0664 e. The lowest BCUT2D eigenvalue weighted by Crippen LogP contribution is -2.37. The van der Waals surface area contributed by atoms with Crippen molar-refractivity contribution in [2.24, 2.45) is 5.92 Å². The first kappa shape index (κ1) is 12.0. The van der Waals surface area contributed by atoms with Crippen molar-refractivity contribution in [3.8, 4) is 0 Å². The molecule has 0 radical (unpaired) electrons. The predicted octanol–water partition coefficient (Wildman–Crippen LogP) is 2.32. The smallest absolute Gasteiger partial charge is 0.0664 e. The molecular weight excluding hydrogens is 174 g/mol. The zero-order chi connectivity index (χ0) is 10.4. The monoisotopic (exact) mass is 199 g/mol. The largest absolute Gasteiger partial charge is 0.392 e. The molecule has 1 atom stereocenters. The van der Waals surface area contributed by atoms with E-state index in [4.69, 9.17) is 0 Å². The molecule has 0 heterocycles. The van der Waals surface area contributed by atoms with E-state index in [1.165, 1.54) is 25.7 Å². The number of aliphatic hydroxyl groups is 1. The van der Waals surface area contributed by atoms with Crippen molar-refractivity contribution >= 4 is 0 Å². The van der Waals surface area contributed by atoms with Crippen LogP contribution in [0.1, 0.15) is 52.4 Å². The molecule has 1 aliphatic carbocycles. The van der Waals surface area contributed by atoms with E-state index in [2.05, 4.69) is 19.2 Å². The molecule has 1 saturated carbocycles. The Balaban J connectivity index is 2.06. The molecule has 1 fully saturated rings. The van der Waals surface area contributed by atoms with Crippen LogP contribution in [0.15, 0.2) is 0 Å². The van der Waals surface area contributed by atoms with Gasteiger partial charge in [-0.1, -0.05) is 20.3 Å². The molecule has 0 aromatic heterocycles. The minimum absolute atomic E-state index is 0.139. The number of hydrogen-bond acceptors (Lipinski definition) is 2. The summed E-state index contributed by atoms with van der Waals surface area (Å²) >= 11 is 0. The second-order valence-electron chi connectivity index (χ2n) is 4.81. The predicted molar refractivity (Wildman–Crippen MR) is 60.3 cm³/mol. The molecule has 0 aromatic rings. The van der Waals surface area contributed by atoms with Gasteiger partial charge in [0.05, 0.1) is 6.10 Å². The molecule has 2 N–H and O–H groups in total. The van der Waals surface area contributed by atoms with Gasteiger partial charge < -0.3 is 10.4 Å². The summed E-state index contributed by atoms with van der Waals surface area (Å²) in [6, 6.07) is 0.665. The third-order valence-electron chi connectivity index (χ3n) is 3.28. The van der Waals surface area contributed by atoms with Gasteiger partial charge in [0.15, 0.2) is 0 Å². The minimum Gasteiger partial charge on any atom is -0.392 e. The van der Waals surface area contributed by atoms with Gasteiger partial charge in [0, 0.05) is 12.6 Å². The summed E-state index contributed by atoms with van der Waals surface area (Å²) in [5.74, 6) is 0.911. The highest BCUT2D eigenvalue weighted by Crippen LogP contribution is 2.23. The van der Waals surface area contributed by atoms with Crippen LogP contribution in [0.25, 0.3) is 0 Å². The molecule has 0 amide bonds. The summed E-state index contributed by atoms with van der Waals surface area (Å²) < 4.78 is 0. The van der Waals surface area contributed by atoms with Crippen molar-refractivity contribution in [2.75, 3.05) is 6.54 Å². The van der Waals surface area contributed by atoms with Crippen LogP contribution in [0.5, 0.6) is 0 Å². The second-order valence-corrected chi connectivity index (χ2v) is 4.81. The Kier molecular flexibility index (Phi) is 5.49. The Morgan fingerprint density at radius 2 is 1.93 bits per heavy atom. The van der Waals surface area contributed by atoms with Crippen molar-refractivity contribution < 1.29 is 5.11 Å². The Bertz CT molecular complexity index is 141. The minimum atomic E-state index is -0.139. The first-order chi connectivity index (χ1) is 6.72. The van der Waals surface area contributed by atoms with E-state index in [0.29, 0.717) is 6.04 Å². The molecule has 2 heteroatoms. The summed E-state index contributed by atoms with van der Waals surface area (Å²) in [4.78, 5) is 0. The van der Waals surface area contributed by atoms with Gasteiger partial charge >= 0.3 is 0 Å². The quantitative estimate of drug-likeness (QED) is 0.712. The highest BCUT2D eigenvalue weighted by molar-refractivity contribution is 4.76. The lowest BCUT2D eigenvalue weighted by atomic mass is 9.87. The molecule has 1 rings (SSSR count). The standard InChI is InChI=1S/C12H25NO/c1-3-4-12(14)9-13-11-7-5-10(2)6-8-11/h10-14H,3-9H2,1-2H3. The van der Waals surface area contributed by atoms with Gasteiger partial charge in [-0.3, -0.25) is 0 Å². The molecule has 1 aliphatic rings. The van der Waals surface area contributed by atoms with E-state index >= 15 is 0 Å². The summed E-state index contributed by atoms with van der Waals surface area (Å²) in [5, 5.41) is 13.0. The van der Waals surface area contributed by atoms with Crippen LogP contribution in [0.3, 0.4) is 0 Å². The zero-order valence-electron chi connectivity index (χ0n) is 9.63. The lowest BCUT2D eigenvalue weighted by molar-refractivity contribution is 0.151. The molecule has 0 spiro atoms. The van der Waals surface area contributed by atoms with Gasteiger partial charge in [-0.15, -0.1) is 0 Å². The molecule has 14 heavy (non-hydrogen) atoms. The number of hydrogen-bond donors (Lipinski definition) is 2. The van der Waals surface area contributed by atoms with Crippen molar-refractivity contribution in [3.05, 3.63) is 0 Å². The van der Waals surface area contributed by atoms with E-state index in [0.717, 1.165) is 25.3 Å². The molecule has 84 valence electrons. The van der Waals surface area contributed by atoms with E-state index < -0.39 is 0 Å². The zero-order valence-corrected chi connectivity index (χ0v) is 9.63. The van der Waals surface area contributed by atoms with Crippen molar-refractivity contribution in [1.82, 2.24) is 5.32 Å². The van der Waals surface area contributed by atoms with Crippen LogP contribution in [0.4, 0.5) is 0 Å². The highest BCUT2D eigenvalue weighted by atomic mass is 16.3. The van der Waals surface area contributed by atoms with Crippen LogP contribution >= 0.6 is 0 Å². The molecule has 0 bridgehead atoms. The maximum absolute atomic E-state index is 9.57. The Labute approximate surface area is 88.1 Å². The molecule has 0 aromatic carbocycles. The van der Waals surface area contributed by atoms with Crippen LogP contribution in [-0.4, -0.2) is 23.8 Å².